The van der Waals surface area contributed by atoms with Crippen LogP contribution in [0.1, 0.15) is 37.7 Å². The second-order valence-electron chi connectivity index (χ2n) is 9.56. The van der Waals surface area contributed by atoms with Gasteiger partial charge in [-0.15, -0.1) is 0 Å². The first-order valence-corrected chi connectivity index (χ1v) is 12.0. The lowest BCUT2D eigenvalue weighted by Gasteiger charge is -2.36. The van der Waals surface area contributed by atoms with Crippen molar-refractivity contribution in [1.29, 1.82) is 0 Å². The van der Waals surface area contributed by atoms with Crippen LogP contribution in [0.4, 0.5) is 5.69 Å². The molecule has 6 nitrogen and oxygen atoms in total. The maximum Gasteiger partial charge on any atom is 0.227 e. The van der Waals surface area contributed by atoms with E-state index in [1.807, 2.05) is 29.2 Å². The normalized spacial score (nSPS) is 27.8. The lowest BCUT2D eigenvalue weighted by atomic mass is 9.78. The Morgan fingerprint density at radius 2 is 1.72 bits per heavy atom. The second-order valence-corrected chi connectivity index (χ2v) is 9.56. The molecule has 2 saturated heterocycles. The number of carbonyl (C=O) groups excluding carboxylic acids is 1. The first kappa shape index (κ1) is 21.3. The molecule has 0 unspecified atom stereocenters. The monoisotopic (exact) mass is 435 g/mol. The van der Waals surface area contributed by atoms with Crippen LogP contribution in [0, 0.1) is 11.8 Å². The van der Waals surface area contributed by atoms with E-state index in [9.17, 15) is 9.90 Å². The van der Waals surface area contributed by atoms with Gasteiger partial charge in [0.2, 0.25) is 5.91 Å². The molecule has 1 aromatic heterocycles. The lowest BCUT2D eigenvalue weighted by Crippen LogP contribution is -2.42. The van der Waals surface area contributed by atoms with Crippen LogP contribution in [-0.4, -0.2) is 59.3 Å². The first-order chi connectivity index (χ1) is 15.7. The van der Waals surface area contributed by atoms with E-state index >= 15 is 0 Å². The predicted molar refractivity (Wildman–Crippen MR) is 124 cm³/mol. The number of aliphatic hydroxyl groups excluding tert-OH is 1. The number of carbonyl (C=O) groups is 1. The summed E-state index contributed by atoms with van der Waals surface area (Å²) in [7, 11) is 0. The van der Waals surface area contributed by atoms with Crippen molar-refractivity contribution in [2.45, 2.75) is 50.7 Å². The van der Waals surface area contributed by atoms with Gasteiger partial charge in [0.05, 0.1) is 18.2 Å². The molecule has 5 rings (SSSR count). The molecule has 4 atom stereocenters. The van der Waals surface area contributed by atoms with Gasteiger partial charge in [-0.05, 0) is 73.8 Å². The van der Waals surface area contributed by atoms with Crippen LogP contribution in [0.5, 0.6) is 5.75 Å². The van der Waals surface area contributed by atoms with Crippen LogP contribution >= 0.6 is 0 Å². The molecule has 3 fully saturated rings. The van der Waals surface area contributed by atoms with Crippen LogP contribution in [-0.2, 0) is 11.2 Å². The van der Waals surface area contributed by atoms with Gasteiger partial charge in [-0.25, -0.2) is 0 Å². The quantitative estimate of drug-likeness (QED) is 0.781. The van der Waals surface area contributed by atoms with E-state index in [1.54, 1.807) is 12.4 Å². The van der Waals surface area contributed by atoms with E-state index in [0.717, 1.165) is 49.6 Å². The largest absolute Gasteiger partial charge is 0.486 e. The molecule has 2 aliphatic heterocycles. The fourth-order valence-electron chi connectivity index (χ4n) is 5.62. The van der Waals surface area contributed by atoms with E-state index < -0.39 is 6.10 Å². The van der Waals surface area contributed by atoms with E-state index in [-0.39, 0.29) is 12.0 Å². The van der Waals surface area contributed by atoms with Gasteiger partial charge in [0.15, 0.2) is 0 Å². The molecule has 0 spiro atoms. The fourth-order valence-corrected chi connectivity index (χ4v) is 5.62. The van der Waals surface area contributed by atoms with Gasteiger partial charge in [0.25, 0.3) is 0 Å². The number of fused-ring (bicyclic) bond motifs is 1. The number of aromatic nitrogens is 1. The highest BCUT2D eigenvalue weighted by Crippen LogP contribution is 2.40. The fraction of sp³-hybridized carbons (Fsp3) is 0.538. The van der Waals surface area contributed by atoms with Crippen molar-refractivity contribution >= 4 is 11.6 Å². The summed E-state index contributed by atoms with van der Waals surface area (Å²) in [4.78, 5) is 21.3. The minimum Gasteiger partial charge on any atom is -0.486 e. The molecule has 1 saturated carbocycles. The number of hydrogen-bond donors (Lipinski definition) is 1. The number of benzene rings is 1. The number of hydrogen-bond acceptors (Lipinski definition) is 5. The van der Waals surface area contributed by atoms with Gasteiger partial charge >= 0.3 is 0 Å². The molecule has 3 heterocycles. The molecule has 170 valence electrons. The maximum atomic E-state index is 12.8. The highest BCUT2D eigenvalue weighted by molar-refractivity contribution is 5.79. The van der Waals surface area contributed by atoms with Crippen LogP contribution in [0.25, 0.3) is 0 Å². The van der Waals surface area contributed by atoms with E-state index in [1.165, 1.54) is 19.3 Å². The van der Waals surface area contributed by atoms with Gasteiger partial charge in [-0.3, -0.25) is 9.78 Å². The number of anilines is 1. The third-order valence-electron chi connectivity index (χ3n) is 7.38. The first-order valence-electron chi connectivity index (χ1n) is 12.0. The Labute approximate surface area is 190 Å². The zero-order valence-corrected chi connectivity index (χ0v) is 18.6. The van der Waals surface area contributed by atoms with Gasteiger partial charge in [-0.1, -0.05) is 12.1 Å². The highest BCUT2D eigenvalue weighted by Gasteiger charge is 2.44. The van der Waals surface area contributed by atoms with Gasteiger partial charge in [0, 0.05) is 38.6 Å². The van der Waals surface area contributed by atoms with Crippen molar-refractivity contribution in [2.24, 2.45) is 11.8 Å². The molecule has 2 aromatic rings. The Kier molecular flexibility index (Phi) is 6.30. The average molecular weight is 436 g/mol. The third-order valence-corrected chi connectivity index (χ3v) is 7.38. The smallest absolute Gasteiger partial charge is 0.227 e. The van der Waals surface area contributed by atoms with Crippen LogP contribution in [0.2, 0.25) is 0 Å². The summed E-state index contributed by atoms with van der Waals surface area (Å²) < 4.78 is 6.45. The Hall–Kier alpha value is -2.60. The Bertz CT molecular complexity index is 916. The standard InChI is InChI=1S/C26H33N3O3/c30-23-15-20-17-29(26(31)14-19-8-10-27-11-9-19)18-21(20)16-25(23)32-24-7-3-2-6-22(24)28-12-4-1-5-13-28/h2-3,6-11,20-21,23,25,30H,1,4-5,12-18H2/t20-,21+,23+,25+/m0/s1. The number of ether oxygens (including phenoxy) is 1. The van der Waals surface area contributed by atoms with E-state index in [4.69, 9.17) is 4.74 Å². The molecule has 32 heavy (non-hydrogen) atoms. The van der Waals surface area contributed by atoms with Crippen molar-refractivity contribution < 1.29 is 14.6 Å². The van der Waals surface area contributed by atoms with Crippen LogP contribution < -0.4 is 9.64 Å². The zero-order valence-electron chi connectivity index (χ0n) is 18.6. The molecule has 0 radical (unpaired) electrons. The van der Waals surface area contributed by atoms with Crippen LogP contribution in [0.3, 0.4) is 0 Å². The molecule has 6 heteroatoms. The molecular weight excluding hydrogens is 402 g/mol. The molecule has 1 amide bonds. The number of amides is 1. The summed E-state index contributed by atoms with van der Waals surface area (Å²) in [6, 6.07) is 12.0. The lowest BCUT2D eigenvalue weighted by molar-refractivity contribution is -0.129. The van der Waals surface area contributed by atoms with Crippen molar-refractivity contribution in [3.05, 3.63) is 54.4 Å². The third kappa shape index (κ3) is 4.60. The molecule has 1 aromatic carbocycles. The summed E-state index contributed by atoms with van der Waals surface area (Å²) in [5.74, 6) is 1.77. The Balaban J connectivity index is 1.23. The number of aliphatic hydroxyl groups is 1. The van der Waals surface area contributed by atoms with Gasteiger partial charge in [-0.2, -0.15) is 0 Å². The van der Waals surface area contributed by atoms with Crippen molar-refractivity contribution in [3.8, 4) is 5.75 Å². The van der Waals surface area contributed by atoms with E-state index in [0.29, 0.717) is 24.7 Å². The number of likely N-dealkylation sites (tertiary alicyclic amines) is 1. The summed E-state index contributed by atoms with van der Waals surface area (Å²) in [6.07, 6.45) is 8.35. The predicted octanol–water partition coefficient (Wildman–Crippen LogP) is 3.29. The summed E-state index contributed by atoms with van der Waals surface area (Å²) in [5, 5.41) is 10.9. The maximum absolute atomic E-state index is 12.8. The Morgan fingerprint density at radius 1 is 1.00 bits per heavy atom. The minimum atomic E-state index is -0.499. The van der Waals surface area contributed by atoms with E-state index in [2.05, 4.69) is 22.0 Å². The second kappa shape index (κ2) is 9.49. The number of piperidine rings is 1. The topological polar surface area (TPSA) is 65.9 Å². The number of nitrogens with zero attached hydrogens (tertiary/aromatic N) is 3. The molecule has 0 bridgehead atoms. The van der Waals surface area contributed by atoms with Crippen molar-refractivity contribution in [1.82, 2.24) is 9.88 Å². The SMILES string of the molecule is O=C(Cc1ccncc1)N1C[C@H]2C[C@@H](Oc3ccccc3N3CCCCC3)[C@H](O)C[C@H]2C1. The average Bonchev–Trinajstić information content (AvgIpc) is 3.24. The summed E-state index contributed by atoms with van der Waals surface area (Å²) >= 11 is 0. The number of para-hydroxylation sites is 2. The number of pyridine rings is 1. The molecular formula is C26H33N3O3. The van der Waals surface area contributed by atoms with Gasteiger partial charge in [0.1, 0.15) is 11.9 Å². The summed E-state index contributed by atoms with van der Waals surface area (Å²) in [5.41, 5.74) is 2.14. The minimum absolute atomic E-state index is 0.160. The molecule has 3 aliphatic rings. The summed E-state index contributed by atoms with van der Waals surface area (Å²) in [6.45, 7) is 3.62. The number of rotatable bonds is 5. The molecule has 1 N–H and O–H groups in total. The zero-order chi connectivity index (χ0) is 21.9. The van der Waals surface area contributed by atoms with Crippen molar-refractivity contribution in [3.63, 3.8) is 0 Å². The Morgan fingerprint density at radius 3 is 2.50 bits per heavy atom. The van der Waals surface area contributed by atoms with Gasteiger partial charge < -0.3 is 19.6 Å². The van der Waals surface area contributed by atoms with Crippen LogP contribution in [0.15, 0.2) is 48.8 Å². The van der Waals surface area contributed by atoms with Crippen molar-refractivity contribution in [2.75, 3.05) is 31.1 Å². The molecule has 1 aliphatic carbocycles. The highest BCUT2D eigenvalue weighted by atomic mass is 16.5.